The Labute approximate surface area is 183 Å². The lowest BCUT2D eigenvalue weighted by molar-refractivity contribution is -0.107. The Hall–Kier alpha value is -3.85. The number of unbranched alkanes of at least 4 members (excludes halogenated alkanes) is 1. The monoisotopic (exact) mass is 410 g/mol. The van der Waals surface area contributed by atoms with Gasteiger partial charge in [-0.25, -0.2) is 0 Å². The van der Waals surface area contributed by atoms with Gasteiger partial charge in [-0.05, 0) is 40.5 Å². The van der Waals surface area contributed by atoms with Gasteiger partial charge in [-0.1, -0.05) is 91.9 Å². The summed E-state index contributed by atoms with van der Waals surface area (Å²) in [6.07, 6.45) is 16.3. The maximum atomic E-state index is 10.6. The molecule has 0 N–H and O–H groups in total. The Kier molecular flexibility index (Phi) is 10.1. The second-order valence-electron chi connectivity index (χ2n) is 6.79. The summed E-state index contributed by atoms with van der Waals surface area (Å²) >= 11 is 0. The van der Waals surface area contributed by atoms with Crippen molar-refractivity contribution < 1.29 is 14.4 Å². The summed E-state index contributed by atoms with van der Waals surface area (Å²) in [5.41, 5.74) is 3.66. The molecule has 0 aromatic heterocycles. The first-order chi connectivity index (χ1) is 15.2. The predicted octanol–water partition coefficient (Wildman–Crippen LogP) is 6.73. The number of carbonyl (C=O) groups excluding carboxylic acids is 3. The number of fused-ring (bicyclic) bond motifs is 2. The molecule has 3 heteroatoms. The lowest BCUT2D eigenvalue weighted by atomic mass is 10.0. The molecule has 1 aliphatic carbocycles. The van der Waals surface area contributed by atoms with Crippen molar-refractivity contribution >= 4 is 41.8 Å². The van der Waals surface area contributed by atoms with E-state index in [4.69, 9.17) is 0 Å². The van der Waals surface area contributed by atoms with Crippen LogP contribution in [0, 0.1) is 0 Å². The van der Waals surface area contributed by atoms with Crippen molar-refractivity contribution in [3.05, 3.63) is 107 Å². The van der Waals surface area contributed by atoms with Gasteiger partial charge in [0.1, 0.15) is 18.9 Å². The van der Waals surface area contributed by atoms with Crippen molar-refractivity contribution in [3.8, 4) is 0 Å². The molecule has 0 unspecified atom stereocenters. The number of carbonyl (C=O) groups is 3. The van der Waals surface area contributed by atoms with E-state index in [1.807, 2.05) is 104 Å². The van der Waals surface area contributed by atoms with Gasteiger partial charge >= 0.3 is 0 Å². The fourth-order valence-corrected chi connectivity index (χ4v) is 2.81. The average Bonchev–Trinajstić information content (AvgIpc) is 2.80. The number of rotatable bonds is 4. The van der Waals surface area contributed by atoms with E-state index in [2.05, 4.69) is 0 Å². The van der Waals surface area contributed by atoms with Gasteiger partial charge in [-0.3, -0.25) is 9.59 Å². The maximum Gasteiger partial charge on any atom is 0.150 e. The molecule has 0 fully saturated rings. The molecule has 0 heterocycles. The van der Waals surface area contributed by atoms with E-state index >= 15 is 0 Å². The molecule has 0 saturated heterocycles. The van der Waals surface area contributed by atoms with Crippen LogP contribution in [0.15, 0.2) is 85.0 Å². The van der Waals surface area contributed by atoms with Crippen molar-refractivity contribution in [1.29, 1.82) is 0 Å². The van der Waals surface area contributed by atoms with Crippen LogP contribution in [-0.4, -0.2) is 18.9 Å². The van der Waals surface area contributed by atoms with Crippen LogP contribution in [-0.2, 0) is 4.79 Å². The fourth-order valence-electron chi connectivity index (χ4n) is 2.81. The van der Waals surface area contributed by atoms with E-state index in [0.29, 0.717) is 12.0 Å². The molecule has 3 nitrogen and oxygen atoms in total. The summed E-state index contributed by atoms with van der Waals surface area (Å²) in [6, 6.07) is 19.3. The molecule has 156 valence electrons. The molecule has 0 aliphatic heterocycles. The minimum Gasteiger partial charge on any atom is -0.303 e. The van der Waals surface area contributed by atoms with Gasteiger partial charge in [0, 0.05) is 17.5 Å². The van der Waals surface area contributed by atoms with E-state index in [9.17, 15) is 14.4 Å². The van der Waals surface area contributed by atoms with E-state index < -0.39 is 0 Å². The molecule has 0 radical (unpaired) electrons. The van der Waals surface area contributed by atoms with Crippen LogP contribution in [0.2, 0.25) is 0 Å². The smallest absolute Gasteiger partial charge is 0.150 e. The summed E-state index contributed by atoms with van der Waals surface area (Å²) in [5.74, 6) is 0. The summed E-state index contributed by atoms with van der Waals surface area (Å²) in [6.45, 7) is 1.98. The Bertz CT molecular complexity index is 1100. The maximum absolute atomic E-state index is 10.6. The zero-order valence-electron chi connectivity index (χ0n) is 17.6. The lowest BCUT2D eigenvalue weighted by Gasteiger charge is -2.02. The summed E-state index contributed by atoms with van der Waals surface area (Å²) < 4.78 is 0. The molecular formula is C28H26O3. The largest absolute Gasteiger partial charge is 0.303 e. The molecule has 4 rings (SSSR count). The Morgan fingerprint density at radius 3 is 1.87 bits per heavy atom. The zero-order chi connectivity index (χ0) is 22.3. The molecule has 0 bridgehead atoms. The number of hydrogen-bond acceptors (Lipinski definition) is 3. The molecule has 0 spiro atoms. The van der Waals surface area contributed by atoms with Crippen molar-refractivity contribution in [3.63, 3.8) is 0 Å². The van der Waals surface area contributed by atoms with Gasteiger partial charge in [0.05, 0.1) is 0 Å². The van der Waals surface area contributed by atoms with Gasteiger partial charge in [-0.15, -0.1) is 0 Å². The van der Waals surface area contributed by atoms with E-state index in [0.717, 1.165) is 47.4 Å². The summed E-state index contributed by atoms with van der Waals surface area (Å²) in [5, 5.41) is 2.28. The fraction of sp³-hybridized carbons (Fsp3) is 0.107. The molecule has 0 saturated carbocycles. The van der Waals surface area contributed by atoms with Crippen molar-refractivity contribution in [2.45, 2.75) is 19.8 Å². The van der Waals surface area contributed by atoms with Crippen LogP contribution in [0.4, 0.5) is 0 Å². The third-order valence-electron chi connectivity index (χ3n) is 4.45. The molecule has 0 amide bonds. The highest BCUT2D eigenvalue weighted by molar-refractivity contribution is 5.88. The quantitative estimate of drug-likeness (QED) is 0.448. The summed E-state index contributed by atoms with van der Waals surface area (Å²) in [4.78, 5) is 30.4. The minimum atomic E-state index is 0.708. The van der Waals surface area contributed by atoms with Crippen LogP contribution >= 0.6 is 0 Å². The highest BCUT2D eigenvalue weighted by atomic mass is 16.1. The number of allylic oxidation sites excluding steroid dienone is 4. The Balaban J connectivity index is 0.000000184. The molecule has 0 atom stereocenters. The number of hydrogen-bond donors (Lipinski definition) is 0. The van der Waals surface area contributed by atoms with Gasteiger partial charge in [0.2, 0.25) is 0 Å². The van der Waals surface area contributed by atoms with E-state index in [1.165, 1.54) is 5.39 Å². The third-order valence-corrected chi connectivity index (χ3v) is 4.45. The van der Waals surface area contributed by atoms with E-state index in [-0.39, 0.29) is 0 Å². The Morgan fingerprint density at radius 1 is 0.645 bits per heavy atom. The predicted molar refractivity (Wildman–Crippen MR) is 129 cm³/mol. The average molecular weight is 411 g/mol. The molecule has 31 heavy (non-hydrogen) atoms. The standard InChI is InChI=1S/C13H10O.C11H8O.C4H8O/c14-10-11-7-8-12-5-3-1-2-4-6-13(12)9-11;12-8-9-5-6-10-3-1-2-4-11(10)7-9;1-2-3-4-5/h1-10H;1-8H;4H,2-3H2,1H3. The third kappa shape index (κ3) is 7.82. The highest BCUT2D eigenvalue weighted by Crippen LogP contribution is 2.16. The van der Waals surface area contributed by atoms with Gasteiger partial charge in [0.25, 0.3) is 0 Å². The molecule has 3 aromatic carbocycles. The molecular weight excluding hydrogens is 384 g/mol. The van der Waals surface area contributed by atoms with Crippen LogP contribution in [0.1, 0.15) is 51.6 Å². The van der Waals surface area contributed by atoms with Gasteiger partial charge < -0.3 is 4.79 Å². The highest BCUT2D eigenvalue weighted by Gasteiger charge is 1.98. The Morgan fingerprint density at radius 2 is 1.26 bits per heavy atom. The van der Waals surface area contributed by atoms with E-state index in [1.54, 1.807) is 0 Å². The second kappa shape index (κ2) is 13.4. The summed E-state index contributed by atoms with van der Waals surface area (Å²) in [7, 11) is 0. The van der Waals surface area contributed by atoms with Crippen molar-refractivity contribution in [2.24, 2.45) is 0 Å². The van der Waals surface area contributed by atoms with Gasteiger partial charge in [-0.2, -0.15) is 0 Å². The normalized spacial score (nSPS) is 11.0. The van der Waals surface area contributed by atoms with Crippen LogP contribution in [0.5, 0.6) is 0 Å². The van der Waals surface area contributed by atoms with Crippen LogP contribution in [0.3, 0.4) is 0 Å². The number of aldehydes is 3. The van der Waals surface area contributed by atoms with Crippen LogP contribution in [0.25, 0.3) is 22.9 Å². The molecule has 3 aromatic rings. The van der Waals surface area contributed by atoms with Crippen molar-refractivity contribution in [1.82, 2.24) is 0 Å². The SMILES string of the molecule is CCCC=O.O=Cc1ccc2c(c1)C=CC=CC=C2.O=Cc1ccc2ccccc2c1. The topological polar surface area (TPSA) is 51.2 Å². The minimum absolute atomic E-state index is 0.708. The van der Waals surface area contributed by atoms with Gasteiger partial charge in [0.15, 0.2) is 0 Å². The molecule has 1 aliphatic rings. The second-order valence-corrected chi connectivity index (χ2v) is 6.79. The number of benzene rings is 3. The first kappa shape index (κ1) is 23.4. The van der Waals surface area contributed by atoms with Crippen LogP contribution < -0.4 is 0 Å². The first-order valence-corrected chi connectivity index (χ1v) is 10.2. The lowest BCUT2D eigenvalue weighted by Crippen LogP contribution is -1.86. The first-order valence-electron chi connectivity index (χ1n) is 10.2. The van der Waals surface area contributed by atoms with Crippen molar-refractivity contribution in [2.75, 3.05) is 0 Å². The zero-order valence-corrected chi connectivity index (χ0v) is 17.6.